The fourth-order valence-corrected chi connectivity index (χ4v) is 3.92. The molecule has 1 fully saturated rings. The Morgan fingerprint density at radius 3 is 2.80 bits per heavy atom. The first kappa shape index (κ1) is 20.5. The largest absolute Gasteiger partial charge is 0.349 e. The van der Waals surface area contributed by atoms with Crippen LogP contribution in [0.5, 0.6) is 0 Å². The highest BCUT2D eigenvalue weighted by molar-refractivity contribution is 7.32. The Labute approximate surface area is 171 Å². The summed E-state index contributed by atoms with van der Waals surface area (Å²) in [6.07, 6.45) is -1.83. The number of ether oxygens (including phenoxy) is 1. The number of anilines is 1. The number of imidazole rings is 1. The van der Waals surface area contributed by atoms with Gasteiger partial charge in [0.1, 0.15) is 12.4 Å². The molecule has 4 rings (SSSR count). The Hall–Kier alpha value is -2.72. The molecule has 10 nitrogen and oxygen atoms in total. The van der Waals surface area contributed by atoms with E-state index in [0.29, 0.717) is 12.0 Å². The van der Waals surface area contributed by atoms with Gasteiger partial charge in [-0.2, -0.15) is 0 Å². The van der Waals surface area contributed by atoms with E-state index in [1.165, 1.54) is 17.2 Å². The van der Waals surface area contributed by atoms with Crippen LogP contribution in [0.25, 0.3) is 11.2 Å². The van der Waals surface area contributed by atoms with Gasteiger partial charge in [-0.1, -0.05) is 25.1 Å². The summed E-state index contributed by atoms with van der Waals surface area (Å²) in [6, 6.07) is 8.59. The molecule has 0 aliphatic carbocycles. The molecule has 30 heavy (non-hydrogen) atoms. The van der Waals surface area contributed by atoms with Gasteiger partial charge in [-0.25, -0.2) is 19.3 Å². The highest BCUT2D eigenvalue weighted by atomic mass is 31.1. The minimum atomic E-state index is -3.34. The highest BCUT2D eigenvalue weighted by Gasteiger charge is 2.47. The van der Waals surface area contributed by atoms with E-state index < -0.39 is 32.9 Å². The summed E-state index contributed by atoms with van der Waals surface area (Å²) in [6.45, 7) is 1.76. The lowest BCUT2D eigenvalue weighted by Gasteiger charge is -2.16. The molecule has 0 saturated carbocycles. The van der Waals surface area contributed by atoms with Crippen molar-refractivity contribution >= 4 is 31.1 Å². The van der Waals surface area contributed by atoms with Crippen LogP contribution in [0, 0.1) is 0 Å². The van der Waals surface area contributed by atoms with Crippen molar-refractivity contribution in [1.29, 1.82) is 0 Å². The molecule has 0 radical (unpaired) electrons. The predicted octanol–water partition coefficient (Wildman–Crippen LogP) is 2.49. The maximum absolute atomic E-state index is 15.0. The van der Waals surface area contributed by atoms with E-state index in [1.807, 2.05) is 0 Å². The summed E-state index contributed by atoms with van der Waals surface area (Å²) in [5.41, 5.74) is 0.940. The molecule has 5 atom stereocenters. The third kappa shape index (κ3) is 3.84. The number of hydrogen-bond donors (Lipinski definition) is 2. The van der Waals surface area contributed by atoms with Crippen LogP contribution in [-0.2, 0) is 13.8 Å². The number of alkyl halides is 1. The van der Waals surface area contributed by atoms with Crippen LogP contribution in [0.2, 0.25) is 0 Å². The van der Waals surface area contributed by atoms with Gasteiger partial charge in [0.2, 0.25) is 0 Å². The molecule has 1 saturated heterocycles. The van der Waals surface area contributed by atoms with Crippen molar-refractivity contribution in [2.24, 2.45) is 0 Å². The Balaban J connectivity index is 1.63. The molecule has 3 heterocycles. The van der Waals surface area contributed by atoms with Gasteiger partial charge in [0, 0.05) is 5.56 Å². The molecule has 158 valence electrons. The molecule has 12 heteroatoms. The van der Waals surface area contributed by atoms with Gasteiger partial charge >= 0.3 is 8.25 Å². The van der Waals surface area contributed by atoms with Gasteiger partial charge in [0.15, 0.2) is 29.4 Å². The van der Waals surface area contributed by atoms with Gasteiger partial charge in [0.25, 0.3) is 5.91 Å². The van der Waals surface area contributed by atoms with Crippen LogP contribution in [0.1, 0.15) is 29.9 Å². The second-order valence-electron chi connectivity index (χ2n) is 6.63. The molecule has 0 bridgehead atoms. The van der Waals surface area contributed by atoms with Crippen LogP contribution in [0.3, 0.4) is 0 Å². The quantitative estimate of drug-likeness (QED) is 0.565. The Bertz CT molecular complexity index is 1080. The fraction of sp³-hybridized carbons (Fsp3) is 0.333. The second-order valence-corrected chi connectivity index (χ2v) is 7.40. The fourth-order valence-electron chi connectivity index (χ4n) is 3.40. The summed E-state index contributed by atoms with van der Waals surface area (Å²) < 4.78 is 38.1. The van der Waals surface area contributed by atoms with Crippen LogP contribution in [0.4, 0.5) is 10.2 Å². The molecule has 1 aromatic carbocycles. The van der Waals surface area contributed by atoms with Gasteiger partial charge in [-0.15, -0.1) is 0 Å². The lowest BCUT2D eigenvalue weighted by molar-refractivity contribution is -0.0222. The number of aromatic nitrogens is 4. The van der Waals surface area contributed by atoms with Gasteiger partial charge in [-0.05, 0) is 18.6 Å². The van der Waals surface area contributed by atoms with E-state index in [-0.39, 0.29) is 22.9 Å². The molecule has 1 aliphatic rings. The summed E-state index contributed by atoms with van der Waals surface area (Å²) in [4.78, 5) is 33.9. The molecule has 0 spiro atoms. The molecule has 2 aromatic heterocycles. The van der Waals surface area contributed by atoms with E-state index in [0.717, 1.165) is 0 Å². The average molecular weight is 435 g/mol. The predicted molar refractivity (Wildman–Crippen MR) is 105 cm³/mol. The number of hydrogen-bond acceptors (Lipinski definition) is 7. The number of fused-ring (bicyclic) bond motifs is 1. The van der Waals surface area contributed by atoms with Crippen LogP contribution < -0.4 is 5.32 Å². The first-order chi connectivity index (χ1) is 14.5. The van der Waals surface area contributed by atoms with Crippen LogP contribution in [-0.4, -0.2) is 48.7 Å². The lowest BCUT2D eigenvalue weighted by Crippen LogP contribution is -2.29. The van der Waals surface area contributed by atoms with Crippen molar-refractivity contribution in [3.8, 4) is 0 Å². The van der Waals surface area contributed by atoms with Gasteiger partial charge < -0.3 is 19.5 Å². The van der Waals surface area contributed by atoms with E-state index in [9.17, 15) is 9.36 Å². The molecule has 3 aromatic rings. The first-order valence-electron chi connectivity index (χ1n) is 9.22. The second kappa shape index (κ2) is 8.57. The first-order valence-corrected chi connectivity index (χ1v) is 10.5. The third-order valence-electron chi connectivity index (χ3n) is 4.81. The molecular weight excluding hydrogens is 416 g/mol. The third-order valence-corrected chi connectivity index (χ3v) is 5.28. The monoisotopic (exact) mass is 435 g/mol. The lowest BCUT2D eigenvalue weighted by atomic mass is 10.1. The topological polar surface area (TPSA) is 128 Å². The van der Waals surface area contributed by atoms with Crippen molar-refractivity contribution in [2.45, 2.75) is 38.0 Å². The minimum Gasteiger partial charge on any atom is -0.349 e. The maximum atomic E-state index is 15.0. The standard InChI is InChI=1S/C18H19FN5O5P/c1-2-11-14(29-30(26)27)12(19)18(28-11)24-9-22-13-15(20-8-21-16(13)24)23-17(25)10-6-4-3-5-7-10/h3-9,11-12,14,18,30H,2H2,1H3,(H,26,27)(H,20,21,23,25)/t11-,12-,14-,18-/m1/s1. The Morgan fingerprint density at radius 1 is 1.33 bits per heavy atom. The zero-order valence-corrected chi connectivity index (χ0v) is 16.8. The summed E-state index contributed by atoms with van der Waals surface area (Å²) >= 11 is 0. The van der Waals surface area contributed by atoms with E-state index >= 15 is 4.39 Å². The van der Waals surface area contributed by atoms with Crippen molar-refractivity contribution in [1.82, 2.24) is 19.5 Å². The van der Waals surface area contributed by atoms with Crippen LogP contribution in [0.15, 0.2) is 43.0 Å². The zero-order valence-electron chi connectivity index (χ0n) is 15.8. The van der Waals surface area contributed by atoms with Crippen molar-refractivity contribution in [3.05, 3.63) is 48.5 Å². The van der Waals surface area contributed by atoms with Gasteiger partial charge in [0.05, 0.1) is 12.4 Å². The zero-order chi connectivity index (χ0) is 21.3. The van der Waals surface area contributed by atoms with Crippen molar-refractivity contribution < 1.29 is 27.9 Å². The number of nitrogens with one attached hydrogen (secondary N) is 1. The molecule has 2 N–H and O–H groups in total. The van der Waals surface area contributed by atoms with Crippen molar-refractivity contribution in [2.75, 3.05) is 5.32 Å². The molecular formula is C18H19FN5O5P. The molecule has 1 unspecified atom stereocenters. The van der Waals surface area contributed by atoms with E-state index in [1.54, 1.807) is 37.3 Å². The minimum absolute atomic E-state index is 0.168. The van der Waals surface area contributed by atoms with Gasteiger partial charge in [-0.3, -0.25) is 13.9 Å². The molecule has 1 amide bonds. The summed E-state index contributed by atoms with van der Waals surface area (Å²) in [7, 11) is -3.34. The number of carbonyl (C=O) groups excluding carboxylic acids is 1. The van der Waals surface area contributed by atoms with Crippen LogP contribution >= 0.6 is 8.25 Å². The molecule has 1 aliphatic heterocycles. The maximum Gasteiger partial charge on any atom is 0.317 e. The SMILES string of the molecule is CC[C@H]1O[C@@H](n2cnc3c(NC(=O)c4ccccc4)ncnc32)[C@H](F)[C@@H]1O[PH](=O)O. The normalized spacial score (nSPS) is 24.8. The Kier molecular flexibility index (Phi) is 5.87. The number of nitrogens with zero attached hydrogens (tertiary/aromatic N) is 4. The summed E-state index contributed by atoms with van der Waals surface area (Å²) in [5, 5.41) is 2.68. The van der Waals surface area contributed by atoms with E-state index in [4.69, 9.17) is 14.2 Å². The number of halogens is 1. The number of carbonyl (C=O) groups is 1. The smallest absolute Gasteiger partial charge is 0.317 e. The summed E-state index contributed by atoms with van der Waals surface area (Å²) in [5.74, 6) is -0.209. The van der Waals surface area contributed by atoms with E-state index in [2.05, 4.69) is 20.3 Å². The number of benzene rings is 1. The number of rotatable bonds is 6. The average Bonchev–Trinajstić information content (AvgIpc) is 3.30. The van der Waals surface area contributed by atoms with Crippen molar-refractivity contribution in [3.63, 3.8) is 0 Å². The highest BCUT2D eigenvalue weighted by Crippen LogP contribution is 2.40. The Morgan fingerprint density at radius 2 is 2.10 bits per heavy atom. The number of amides is 1.